The molecule has 0 aromatic heterocycles. The highest BCUT2D eigenvalue weighted by molar-refractivity contribution is 6.32. The Morgan fingerprint density at radius 3 is 2.26 bits per heavy atom. The second-order valence-corrected chi connectivity index (χ2v) is 9.81. The average Bonchev–Trinajstić information content (AvgIpc) is 2.82. The van der Waals surface area contributed by atoms with Crippen molar-refractivity contribution in [2.75, 3.05) is 6.61 Å². The quantitative estimate of drug-likeness (QED) is 0.482. The van der Waals surface area contributed by atoms with E-state index in [1.54, 1.807) is 4.90 Å². The second-order valence-electron chi connectivity index (χ2n) is 9.43. The van der Waals surface area contributed by atoms with Crippen LogP contribution >= 0.6 is 11.6 Å². The number of hydrogen-bond donors (Lipinski definition) is 1. The van der Waals surface area contributed by atoms with Gasteiger partial charge in [0.2, 0.25) is 5.91 Å². The normalized spacial score (nSPS) is 15.0. The Morgan fingerprint density at radius 2 is 1.68 bits per heavy atom. The number of carbonyl (C=O) groups excluding carboxylic acids is 2. The summed E-state index contributed by atoms with van der Waals surface area (Å²) in [7, 11) is 0. The molecule has 0 unspecified atom stereocenters. The van der Waals surface area contributed by atoms with Gasteiger partial charge in [0.25, 0.3) is 5.91 Å². The zero-order valence-corrected chi connectivity index (χ0v) is 21.6. The maximum absolute atomic E-state index is 13.4. The molecule has 2 aromatic carbocycles. The van der Waals surface area contributed by atoms with Gasteiger partial charge in [0.15, 0.2) is 6.61 Å². The van der Waals surface area contributed by atoms with E-state index in [9.17, 15) is 9.59 Å². The number of nitrogens with one attached hydrogen (secondary N) is 1. The summed E-state index contributed by atoms with van der Waals surface area (Å²) in [5.41, 5.74) is 3.94. The van der Waals surface area contributed by atoms with E-state index in [1.807, 2.05) is 64.1 Å². The monoisotopic (exact) mass is 484 g/mol. The van der Waals surface area contributed by atoms with Gasteiger partial charge in [-0.05, 0) is 68.9 Å². The number of amides is 2. The highest BCUT2D eigenvalue weighted by Gasteiger charge is 2.30. The first-order valence-electron chi connectivity index (χ1n) is 12.3. The van der Waals surface area contributed by atoms with Gasteiger partial charge in [0.1, 0.15) is 11.8 Å². The van der Waals surface area contributed by atoms with Crippen molar-refractivity contribution in [1.82, 2.24) is 10.2 Å². The molecule has 2 amide bonds. The van der Waals surface area contributed by atoms with Crippen LogP contribution in [-0.4, -0.2) is 35.4 Å². The molecule has 1 fully saturated rings. The first-order chi connectivity index (χ1) is 16.3. The number of nitrogens with zero attached hydrogens (tertiary/aromatic N) is 1. The van der Waals surface area contributed by atoms with Crippen LogP contribution < -0.4 is 10.1 Å². The molecule has 6 heteroatoms. The number of hydrogen-bond acceptors (Lipinski definition) is 3. The molecule has 0 spiro atoms. The molecular weight excluding hydrogens is 448 g/mol. The van der Waals surface area contributed by atoms with E-state index in [4.69, 9.17) is 16.3 Å². The molecule has 1 atom stereocenters. The van der Waals surface area contributed by atoms with E-state index in [-0.39, 0.29) is 24.5 Å². The van der Waals surface area contributed by atoms with E-state index >= 15 is 0 Å². The predicted molar refractivity (Wildman–Crippen MR) is 137 cm³/mol. The van der Waals surface area contributed by atoms with Crippen LogP contribution in [-0.2, 0) is 16.1 Å². The van der Waals surface area contributed by atoms with Gasteiger partial charge < -0.3 is 15.0 Å². The van der Waals surface area contributed by atoms with Crippen LogP contribution in [0.15, 0.2) is 36.4 Å². The van der Waals surface area contributed by atoms with Crippen molar-refractivity contribution in [3.8, 4) is 5.75 Å². The molecule has 3 rings (SSSR count). The van der Waals surface area contributed by atoms with Gasteiger partial charge in [0.05, 0.1) is 0 Å². The van der Waals surface area contributed by atoms with Crippen molar-refractivity contribution >= 4 is 23.4 Å². The maximum Gasteiger partial charge on any atom is 0.261 e. The number of halogens is 1. The highest BCUT2D eigenvalue weighted by atomic mass is 35.5. The lowest BCUT2D eigenvalue weighted by atomic mass is 9.95. The third-order valence-corrected chi connectivity index (χ3v) is 7.18. The summed E-state index contributed by atoms with van der Waals surface area (Å²) in [5, 5.41) is 3.91. The molecule has 0 radical (unpaired) electrons. The predicted octanol–water partition coefficient (Wildman–Crippen LogP) is 5.90. The van der Waals surface area contributed by atoms with Crippen molar-refractivity contribution in [1.29, 1.82) is 0 Å². The number of rotatable bonds is 9. The Hall–Kier alpha value is -2.53. The topological polar surface area (TPSA) is 58.6 Å². The molecule has 1 saturated carbocycles. The first-order valence-corrected chi connectivity index (χ1v) is 12.7. The molecule has 1 aliphatic rings. The number of benzene rings is 2. The Morgan fingerprint density at radius 1 is 1.06 bits per heavy atom. The Balaban J connectivity index is 1.77. The van der Waals surface area contributed by atoms with Crippen LogP contribution in [0.25, 0.3) is 0 Å². The summed E-state index contributed by atoms with van der Waals surface area (Å²) >= 11 is 6.26. The molecule has 2 aromatic rings. The van der Waals surface area contributed by atoms with Gasteiger partial charge in [-0.3, -0.25) is 9.59 Å². The van der Waals surface area contributed by atoms with Gasteiger partial charge in [0, 0.05) is 17.6 Å². The average molecular weight is 485 g/mol. The van der Waals surface area contributed by atoms with E-state index in [2.05, 4.69) is 5.32 Å². The summed E-state index contributed by atoms with van der Waals surface area (Å²) in [6.45, 7) is 8.03. The third kappa shape index (κ3) is 6.99. The SMILES string of the molecule is CC[C@H](C(=O)NC1CCCCC1)N(Cc1ccc(C)cc1)C(=O)COc1cc(C)c(Cl)c(C)c1. The minimum Gasteiger partial charge on any atom is -0.484 e. The summed E-state index contributed by atoms with van der Waals surface area (Å²) < 4.78 is 5.87. The molecule has 184 valence electrons. The minimum absolute atomic E-state index is 0.0759. The summed E-state index contributed by atoms with van der Waals surface area (Å²) in [6.07, 6.45) is 6.06. The molecule has 0 heterocycles. The second kappa shape index (κ2) is 12.3. The molecule has 0 bridgehead atoms. The summed E-state index contributed by atoms with van der Waals surface area (Å²) in [4.78, 5) is 28.4. The lowest BCUT2D eigenvalue weighted by Crippen LogP contribution is -2.52. The van der Waals surface area contributed by atoms with Crippen LogP contribution in [0, 0.1) is 20.8 Å². The fourth-order valence-electron chi connectivity index (χ4n) is 4.57. The standard InChI is InChI=1S/C28H37ClN2O3/c1-5-25(28(33)30-23-9-7-6-8-10-23)31(17-22-13-11-19(2)12-14-22)26(32)18-34-24-15-20(3)27(29)21(4)16-24/h11-16,23,25H,5-10,17-18H2,1-4H3,(H,30,33)/t25-/m1/s1. The lowest BCUT2D eigenvalue weighted by Gasteiger charge is -2.32. The van der Waals surface area contributed by atoms with Crippen LogP contribution in [0.5, 0.6) is 5.75 Å². The van der Waals surface area contributed by atoms with Crippen LogP contribution in [0.3, 0.4) is 0 Å². The van der Waals surface area contributed by atoms with Gasteiger partial charge in [-0.15, -0.1) is 0 Å². The molecule has 1 N–H and O–H groups in total. The number of aryl methyl sites for hydroxylation is 3. The van der Waals surface area contributed by atoms with Crippen molar-refractivity contribution in [2.45, 2.75) is 84.8 Å². The molecule has 5 nitrogen and oxygen atoms in total. The van der Waals surface area contributed by atoms with Crippen molar-refractivity contribution in [3.63, 3.8) is 0 Å². The third-order valence-electron chi connectivity index (χ3n) is 6.58. The minimum atomic E-state index is -0.548. The van der Waals surface area contributed by atoms with E-state index in [0.29, 0.717) is 23.7 Å². The largest absolute Gasteiger partial charge is 0.484 e. The Bertz CT molecular complexity index is 961. The summed E-state index contributed by atoms with van der Waals surface area (Å²) in [5.74, 6) is 0.312. The van der Waals surface area contributed by atoms with Crippen molar-refractivity contribution in [2.24, 2.45) is 0 Å². The smallest absolute Gasteiger partial charge is 0.261 e. The van der Waals surface area contributed by atoms with Gasteiger partial charge >= 0.3 is 0 Å². The van der Waals surface area contributed by atoms with Crippen LogP contribution in [0.1, 0.15) is 67.7 Å². The Labute approximate surface area is 208 Å². The van der Waals surface area contributed by atoms with Crippen LogP contribution in [0.2, 0.25) is 5.02 Å². The zero-order chi connectivity index (χ0) is 24.7. The molecule has 0 aliphatic heterocycles. The van der Waals surface area contributed by atoms with Gasteiger partial charge in [-0.2, -0.15) is 0 Å². The van der Waals surface area contributed by atoms with Crippen molar-refractivity contribution < 1.29 is 14.3 Å². The van der Waals surface area contributed by atoms with E-state index in [1.165, 1.54) is 6.42 Å². The fraction of sp³-hybridized carbons (Fsp3) is 0.500. The highest BCUT2D eigenvalue weighted by Crippen LogP contribution is 2.26. The zero-order valence-electron chi connectivity index (χ0n) is 20.8. The van der Waals surface area contributed by atoms with Crippen LogP contribution in [0.4, 0.5) is 0 Å². The molecule has 0 saturated heterocycles. The summed E-state index contributed by atoms with van der Waals surface area (Å²) in [6, 6.07) is 11.4. The molecule has 1 aliphatic carbocycles. The van der Waals surface area contributed by atoms with Gasteiger partial charge in [-0.1, -0.05) is 67.6 Å². The fourth-order valence-corrected chi connectivity index (χ4v) is 4.68. The maximum atomic E-state index is 13.4. The first kappa shape index (κ1) is 26.1. The Kier molecular flexibility index (Phi) is 9.40. The molecule has 34 heavy (non-hydrogen) atoms. The lowest BCUT2D eigenvalue weighted by molar-refractivity contribution is -0.143. The van der Waals surface area contributed by atoms with Gasteiger partial charge in [-0.25, -0.2) is 0 Å². The number of ether oxygens (including phenoxy) is 1. The van der Waals surface area contributed by atoms with Crippen molar-refractivity contribution in [3.05, 3.63) is 63.7 Å². The van der Waals surface area contributed by atoms with E-state index in [0.717, 1.165) is 47.9 Å². The van der Waals surface area contributed by atoms with E-state index < -0.39 is 6.04 Å². The molecular formula is C28H37ClN2O3. The number of carbonyl (C=O) groups is 2.